The number of nitrogens with zero attached hydrogens (tertiary/aromatic N) is 1. The molecule has 0 aliphatic carbocycles. The number of anilines is 1. The molecule has 0 fully saturated rings. The number of carbonyl (C=O) groups is 1. The largest absolute Gasteiger partial charge is 0.444 e. The molecule has 2 N–H and O–H groups in total. The topological polar surface area (TPSA) is 70.9 Å². The predicted molar refractivity (Wildman–Crippen MR) is 84.1 cm³/mol. The number of benzene rings is 1. The van der Waals surface area contributed by atoms with Gasteiger partial charge in [0, 0.05) is 5.56 Å². The van der Waals surface area contributed by atoms with Crippen LogP contribution in [0.3, 0.4) is 0 Å². The van der Waals surface area contributed by atoms with Gasteiger partial charge >= 0.3 is 6.09 Å². The molecule has 0 aromatic heterocycles. The molecule has 0 aliphatic heterocycles. The Morgan fingerprint density at radius 1 is 1.33 bits per heavy atom. The van der Waals surface area contributed by atoms with E-state index in [0.29, 0.717) is 29.3 Å². The average Bonchev–Trinajstić information content (AvgIpc) is 2.34. The molecule has 0 unspecified atom stereocenters. The van der Waals surface area contributed by atoms with Crippen molar-refractivity contribution in [3.05, 3.63) is 29.8 Å². The zero-order chi connectivity index (χ0) is 16.0. The molecule has 0 atom stereocenters. The summed E-state index contributed by atoms with van der Waals surface area (Å²) in [6.07, 6.45) is 0.0838. The SMILES string of the molecule is CC(C)C/C(=N/O)c1ccccc1NC(=O)OC(C)(C)C. The van der Waals surface area contributed by atoms with Crippen LogP contribution in [-0.2, 0) is 4.74 Å². The second kappa shape index (κ2) is 7.11. The summed E-state index contributed by atoms with van der Waals surface area (Å²) in [4.78, 5) is 11.9. The number of hydrogen-bond donors (Lipinski definition) is 2. The van der Waals surface area contributed by atoms with E-state index in [4.69, 9.17) is 4.74 Å². The van der Waals surface area contributed by atoms with E-state index in [-0.39, 0.29) is 0 Å². The summed E-state index contributed by atoms with van der Waals surface area (Å²) in [7, 11) is 0. The Kier molecular flexibility index (Phi) is 5.76. The highest BCUT2D eigenvalue weighted by atomic mass is 16.6. The molecule has 1 amide bonds. The van der Waals surface area contributed by atoms with Crippen LogP contribution in [-0.4, -0.2) is 22.6 Å². The number of amides is 1. The summed E-state index contributed by atoms with van der Waals surface area (Å²) in [5, 5.41) is 15.3. The summed E-state index contributed by atoms with van der Waals surface area (Å²) in [5.41, 5.74) is 1.24. The summed E-state index contributed by atoms with van der Waals surface area (Å²) in [6.45, 7) is 9.48. The van der Waals surface area contributed by atoms with E-state index >= 15 is 0 Å². The first-order valence-corrected chi connectivity index (χ1v) is 7.03. The van der Waals surface area contributed by atoms with Gasteiger partial charge in [-0.15, -0.1) is 0 Å². The van der Waals surface area contributed by atoms with E-state index in [0.717, 1.165) is 0 Å². The zero-order valence-corrected chi connectivity index (χ0v) is 13.3. The molecule has 116 valence electrons. The summed E-state index contributed by atoms with van der Waals surface area (Å²) < 4.78 is 5.24. The quantitative estimate of drug-likeness (QED) is 0.495. The van der Waals surface area contributed by atoms with Crippen LogP contribution < -0.4 is 5.32 Å². The molecule has 0 heterocycles. The third-order valence-corrected chi connectivity index (χ3v) is 2.60. The predicted octanol–water partition coefficient (Wildman–Crippen LogP) is 4.26. The van der Waals surface area contributed by atoms with E-state index in [1.54, 1.807) is 32.9 Å². The highest BCUT2D eigenvalue weighted by Gasteiger charge is 2.18. The van der Waals surface area contributed by atoms with Gasteiger partial charge in [0.1, 0.15) is 5.60 Å². The van der Waals surface area contributed by atoms with Gasteiger partial charge in [-0.3, -0.25) is 5.32 Å². The van der Waals surface area contributed by atoms with Crippen LogP contribution in [0.4, 0.5) is 10.5 Å². The van der Waals surface area contributed by atoms with E-state index in [1.807, 2.05) is 26.0 Å². The number of nitrogens with one attached hydrogen (secondary N) is 1. The third-order valence-electron chi connectivity index (χ3n) is 2.60. The minimum absolute atomic E-state index is 0.338. The van der Waals surface area contributed by atoms with Gasteiger partial charge in [-0.2, -0.15) is 0 Å². The van der Waals surface area contributed by atoms with Gasteiger partial charge in [0.25, 0.3) is 0 Å². The lowest BCUT2D eigenvalue weighted by atomic mass is 9.99. The van der Waals surface area contributed by atoms with Crippen molar-refractivity contribution in [3.8, 4) is 0 Å². The lowest BCUT2D eigenvalue weighted by Crippen LogP contribution is -2.27. The van der Waals surface area contributed by atoms with Crippen LogP contribution in [0.1, 0.15) is 46.6 Å². The van der Waals surface area contributed by atoms with Crippen LogP contribution in [0.5, 0.6) is 0 Å². The Hall–Kier alpha value is -2.04. The maximum absolute atomic E-state index is 11.9. The maximum Gasteiger partial charge on any atom is 0.412 e. The number of hydrogen-bond acceptors (Lipinski definition) is 4. The Balaban J connectivity index is 2.96. The van der Waals surface area contributed by atoms with Crippen molar-refractivity contribution >= 4 is 17.5 Å². The van der Waals surface area contributed by atoms with Crippen LogP contribution in [0, 0.1) is 5.92 Å². The number of ether oxygens (including phenoxy) is 1. The molecule has 1 rings (SSSR count). The second-order valence-corrected chi connectivity index (χ2v) is 6.32. The molecule has 1 aromatic carbocycles. The van der Waals surface area contributed by atoms with Crippen molar-refractivity contribution in [2.24, 2.45) is 11.1 Å². The summed E-state index contributed by atoms with van der Waals surface area (Å²) in [5.74, 6) is 0.338. The first-order chi connectivity index (χ1) is 9.73. The van der Waals surface area contributed by atoms with Gasteiger partial charge in [-0.05, 0) is 39.2 Å². The molecule has 1 aromatic rings. The van der Waals surface area contributed by atoms with E-state index in [1.165, 1.54) is 0 Å². The Morgan fingerprint density at radius 2 is 1.95 bits per heavy atom. The van der Waals surface area contributed by atoms with Crippen LogP contribution >= 0.6 is 0 Å². The minimum Gasteiger partial charge on any atom is -0.444 e. The van der Waals surface area contributed by atoms with Gasteiger partial charge < -0.3 is 9.94 Å². The van der Waals surface area contributed by atoms with Crippen molar-refractivity contribution in [2.45, 2.75) is 46.6 Å². The Labute approximate surface area is 126 Å². The molecule has 5 heteroatoms. The first kappa shape index (κ1) is 17.0. The maximum atomic E-state index is 11.9. The Bertz CT molecular complexity index is 516. The summed E-state index contributed by atoms with van der Waals surface area (Å²) in [6, 6.07) is 7.20. The number of oxime groups is 1. The van der Waals surface area contributed by atoms with Crippen molar-refractivity contribution in [1.29, 1.82) is 0 Å². The van der Waals surface area contributed by atoms with Gasteiger partial charge in [0.15, 0.2) is 0 Å². The smallest absolute Gasteiger partial charge is 0.412 e. The fourth-order valence-electron chi connectivity index (χ4n) is 1.85. The monoisotopic (exact) mass is 292 g/mol. The van der Waals surface area contributed by atoms with Crippen molar-refractivity contribution < 1.29 is 14.7 Å². The zero-order valence-electron chi connectivity index (χ0n) is 13.3. The fourth-order valence-corrected chi connectivity index (χ4v) is 1.85. The van der Waals surface area contributed by atoms with Gasteiger partial charge in [-0.1, -0.05) is 37.2 Å². The number of carbonyl (C=O) groups excluding carboxylic acids is 1. The lowest BCUT2D eigenvalue weighted by Gasteiger charge is -2.20. The minimum atomic E-state index is -0.565. The van der Waals surface area contributed by atoms with Gasteiger partial charge in [0.05, 0.1) is 11.4 Å². The fraction of sp³-hybridized carbons (Fsp3) is 0.500. The standard InChI is InChI=1S/C16H24N2O3/c1-11(2)10-14(18-20)12-8-6-7-9-13(12)17-15(19)21-16(3,4)5/h6-9,11,20H,10H2,1-5H3,(H,17,19)/b18-14-. The molecule has 0 saturated heterocycles. The summed E-state index contributed by atoms with van der Waals surface area (Å²) >= 11 is 0. The van der Waals surface area contributed by atoms with Crippen molar-refractivity contribution in [3.63, 3.8) is 0 Å². The highest BCUT2D eigenvalue weighted by molar-refractivity contribution is 6.06. The lowest BCUT2D eigenvalue weighted by molar-refractivity contribution is 0.0636. The average molecular weight is 292 g/mol. The first-order valence-electron chi connectivity index (χ1n) is 7.03. The van der Waals surface area contributed by atoms with Crippen molar-refractivity contribution in [1.82, 2.24) is 0 Å². The second-order valence-electron chi connectivity index (χ2n) is 6.32. The molecular weight excluding hydrogens is 268 g/mol. The van der Waals surface area contributed by atoms with E-state index in [2.05, 4.69) is 10.5 Å². The normalized spacial score (nSPS) is 12.4. The van der Waals surface area contributed by atoms with E-state index in [9.17, 15) is 10.0 Å². The molecule has 21 heavy (non-hydrogen) atoms. The molecule has 5 nitrogen and oxygen atoms in total. The number of para-hydroxylation sites is 1. The van der Waals surface area contributed by atoms with Gasteiger partial charge in [-0.25, -0.2) is 4.79 Å². The van der Waals surface area contributed by atoms with E-state index < -0.39 is 11.7 Å². The van der Waals surface area contributed by atoms with Crippen LogP contribution in [0.25, 0.3) is 0 Å². The third kappa shape index (κ3) is 5.85. The Morgan fingerprint density at radius 3 is 2.48 bits per heavy atom. The molecule has 0 spiro atoms. The van der Waals surface area contributed by atoms with Crippen molar-refractivity contribution in [2.75, 3.05) is 5.32 Å². The molecular formula is C16H24N2O3. The molecule has 0 bridgehead atoms. The highest BCUT2D eigenvalue weighted by Crippen LogP contribution is 2.20. The molecule has 0 radical (unpaired) electrons. The molecule has 0 aliphatic rings. The van der Waals surface area contributed by atoms with Crippen LogP contribution in [0.2, 0.25) is 0 Å². The molecule has 0 saturated carbocycles. The van der Waals surface area contributed by atoms with Gasteiger partial charge in [0.2, 0.25) is 0 Å². The van der Waals surface area contributed by atoms with Crippen LogP contribution in [0.15, 0.2) is 29.4 Å². The number of rotatable bonds is 4.